The lowest BCUT2D eigenvalue weighted by molar-refractivity contribution is 0.303. The van der Waals surface area contributed by atoms with E-state index in [0.717, 1.165) is 35.8 Å². The first-order valence-corrected chi connectivity index (χ1v) is 12.1. The van der Waals surface area contributed by atoms with Crippen molar-refractivity contribution in [3.8, 4) is 5.75 Å². The Hall–Kier alpha value is -1.83. The second-order valence-electron chi connectivity index (χ2n) is 9.10. The lowest BCUT2D eigenvalue weighted by atomic mass is 9.77. The maximum atomic E-state index is 14.2. The van der Waals surface area contributed by atoms with Crippen molar-refractivity contribution in [3.63, 3.8) is 0 Å². The summed E-state index contributed by atoms with van der Waals surface area (Å²) in [6, 6.07) is 12.7. The van der Waals surface area contributed by atoms with Gasteiger partial charge in [0.15, 0.2) is 11.6 Å². The number of aryl methyl sites for hydroxylation is 3. The molecule has 1 saturated carbocycles. The van der Waals surface area contributed by atoms with Crippen LogP contribution in [0.1, 0.15) is 93.4 Å². The van der Waals surface area contributed by atoms with Crippen molar-refractivity contribution in [3.05, 3.63) is 64.5 Å². The van der Waals surface area contributed by atoms with Gasteiger partial charge in [-0.05, 0) is 98.6 Å². The molecule has 0 saturated heterocycles. The van der Waals surface area contributed by atoms with E-state index in [4.69, 9.17) is 4.74 Å². The summed E-state index contributed by atoms with van der Waals surface area (Å²) < 4.78 is 19.6. The highest BCUT2D eigenvalue weighted by Crippen LogP contribution is 2.37. The number of unbranched alkanes of at least 4 members (excludes halogenated alkanes) is 2. The van der Waals surface area contributed by atoms with E-state index in [9.17, 15) is 4.39 Å². The standard InChI is InChI=1S/C28H39FO/c1-4-6-7-8-22-9-14-24(15-10-22)25-16-11-23(12-17-25)13-18-26-20-27(29)28(30-5-2)19-21(26)3/h11-12,16-17,19-20,22,24H,4-10,13-15,18H2,1-3H3. The Morgan fingerprint density at radius 3 is 2.33 bits per heavy atom. The Morgan fingerprint density at radius 1 is 0.933 bits per heavy atom. The number of benzene rings is 2. The van der Waals surface area contributed by atoms with Crippen molar-refractivity contribution in [1.82, 2.24) is 0 Å². The molecule has 0 radical (unpaired) electrons. The normalized spacial score (nSPS) is 19.1. The Balaban J connectivity index is 1.50. The highest BCUT2D eigenvalue weighted by atomic mass is 19.1. The summed E-state index contributed by atoms with van der Waals surface area (Å²) in [5.41, 5.74) is 5.02. The Morgan fingerprint density at radius 2 is 1.67 bits per heavy atom. The second kappa shape index (κ2) is 11.5. The fraction of sp³-hybridized carbons (Fsp3) is 0.571. The van der Waals surface area contributed by atoms with Gasteiger partial charge < -0.3 is 4.74 Å². The van der Waals surface area contributed by atoms with Gasteiger partial charge >= 0.3 is 0 Å². The van der Waals surface area contributed by atoms with Crippen LogP contribution >= 0.6 is 0 Å². The van der Waals surface area contributed by atoms with Gasteiger partial charge in [0.05, 0.1) is 6.61 Å². The predicted molar refractivity (Wildman–Crippen MR) is 125 cm³/mol. The third kappa shape index (κ3) is 6.33. The summed E-state index contributed by atoms with van der Waals surface area (Å²) in [4.78, 5) is 0. The van der Waals surface area contributed by atoms with Crippen LogP contribution in [0, 0.1) is 18.7 Å². The summed E-state index contributed by atoms with van der Waals surface area (Å²) in [5.74, 6) is 1.81. The maximum absolute atomic E-state index is 14.2. The van der Waals surface area contributed by atoms with Gasteiger partial charge in [-0.3, -0.25) is 0 Å². The molecule has 0 N–H and O–H groups in total. The van der Waals surface area contributed by atoms with Crippen LogP contribution in [0.4, 0.5) is 4.39 Å². The SMILES string of the molecule is CCCCCC1CCC(c2ccc(CCc3cc(F)c(OCC)cc3C)cc2)CC1. The monoisotopic (exact) mass is 410 g/mol. The zero-order valence-electron chi connectivity index (χ0n) is 19.2. The molecule has 2 aromatic carbocycles. The Labute approximate surface area is 183 Å². The van der Waals surface area contributed by atoms with Gasteiger partial charge in [0.2, 0.25) is 0 Å². The molecule has 0 aliphatic heterocycles. The zero-order valence-corrected chi connectivity index (χ0v) is 19.2. The van der Waals surface area contributed by atoms with Crippen molar-refractivity contribution in [2.45, 2.75) is 90.9 Å². The Bertz CT molecular complexity index is 772. The molecule has 1 nitrogen and oxygen atoms in total. The van der Waals surface area contributed by atoms with Gasteiger partial charge in [-0.2, -0.15) is 0 Å². The summed E-state index contributed by atoms with van der Waals surface area (Å²) in [6.45, 7) is 6.70. The first kappa shape index (κ1) is 22.8. The third-order valence-corrected chi connectivity index (χ3v) is 6.89. The number of halogens is 1. The highest BCUT2D eigenvalue weighted by molar-refractivity contribution is 5.37. The van der Waals surface area contributed by atoms with E-state index in [1.165, 1.54) is 62.5 Å². The molecule has 0 aromatic heterocycles. The summed E-state index contributed by atoms with van der Waals surface area (Å²) in [5, 5.41) is 0. The van der Waals surface area contributed by atoms with Crippen LogP contribution in [0.5, 0.6) is 5.75 Å². The van der Waals surface area contributed by atoms with Crippen LogP contribution < -0.4 is 4.74 Å². The molecule has 2 aromatic rings. The van der Waals surface area contributed by atoms with E-state index in [1.54, 1.807) is 6.07 Å². The third-order valence-electron chi connectivity index (χ3n) is 6.89. The topological polar surface area (TPSA) is 9.23 Å². The van der Waals surface area contributed by atoms with Crippen molar-refractivity contribution < 1.29 is 9.13 Å². The molecule has 0 heterocycles. The predicted octanol–water partition coefficient (Wildman–Crippen LogP) is 8.17. The smallest absolute Gasteiger partial charge is 0.165 e. The van der Waals surface area contributed by atoms with E-state index in [1.807, 2.05) is 19.9 Å². The minimum absolute atomic E-state index is 0.252. The van der Waals surface area contributed by atoms with Crippen molar-refractivity contribution in [1.29, 1.82) is 0 Å². The van der Waals surface area contributed by atoms with Crippen LogP contribution in [0.3, 0.4) is 0 Å². The van der Waals surface area contributed by atoms with E-state index >= 15 is 0 Å². The molecule has 0 amide bonds. The molecule has 1 aliphatic carbocycles. The highest BCUT2D eigenvalue weighted by Gasteiger charge is 2.22. The average Bonchev–Trinajstić information content (AvgIpc) is 2.76. The molecule has 30 heavy (non-hydrogen) atoms. The molecule has 1 fully saturated rings. The summed E-state index contributed by atoms with van der Waals surface area (Å²) >= 11 is 0. The van der Waals surface area contributed by atoms with Gasteiger partial charge in [0.25, 0.3) is 0 Å². The number of ether oxygens (including phenoxy) is 1. The van der Waals surface area contributed by atoms with Gasteiger partial charge in [-0.25, -0.2) is 4.39 Å². The van der Waals surface area contributed by atoms with Crippen molar-refractivity contribution in [2.24, 2.45) is 5.92 Å². The minimum atomic E-state index is -0.252. The molecular formula is C28H39FO. The van der Waals surface area contributed by atoms with Crippen LogP contribution in [0.15, 0.2) is 36.4 Å². The van der Waals surface area contributed by atoms with E-state index in [-0.39, 0.29) is 5.82 Å². The van der Waals surface area contributed by atoms with Crippen molar-refractivity contribution >= 4 is 0 Å². The quantitative estimate of drug-likeness (QED) is 0.359. The van der Waals surface area contributed by atoms with E-state index in [2.05, 4.69) is 31.2 Å². The molecular weight excluding hydrogens is 371 g/mol. The minimum Gasteiger partial charge on any atom is -0.491 e. The van der Waals surface area contributed by atoms with Crippen LogP contribution in [-0.2, 0) is 12.8 Å². The Kier molecular flexibility index (Phi) is 8.78. The van der Waals surface area contributed by atoms with E-state index < -0.39 is 0 Å². The lowest BCUT2D eigenvalue weighted by Gasteiger charge is -2.29. The van der Waals surface area contributed by atoms with Gasteiger partial charge in [-0.15, -0.1) is 0 Å². The molecule has 0 spiro atoms. The zero-order chi connectivity index (χ0) is 21.3. The first-order valence-electron chi connectivity index (χ1n) is 12.1. The maximum Gasteiger partial charge on any atom is 0.165 e. The first-order chi connectivity index (χ1) is 14.6. The average molecular weight is 411 g/mol. The van der Waals surface area contributed by atoms with Gasteiger partial charge in [0, 0.05) is 0 Å². The summed E-state index contributed by atoms with van der Waals surface area (Å²) in [6.07, 6.45) is 12.9. The van der Waals surface area contributed by atoms with Crippen LogP contribution in [-0.4, -0.2) is 6.61 Å². The van der Waals surface area contributed by atoms with Gasteiger partial charge in [0.1, 0.15) is 0 Å². The molecule has 0 bridgehead atoms. The van der Waals surface area contributed by atoms with Crippen molar-refractivity contribution in [2.75, 3.05) is 6.61 Å². The molecule has 0 atom stereocenters. The fourth-order valence-electron chi connectivity index (χ4n) is 4.93. The number of rotatable bonds is 10. The number of hydrogen-bond acceptors (Lipinski definition) is 1. The molecule has 1 aliphatic rings. The summed E-state index contributed by atoms with van der Waals surface area (Å²) in [7, 11) is 0. The molecule has 0 unspecified atom stereocenters. The van der Waals surface area contributed by atoms with Crippen LogP contribution in [0.2, 0.25) is 0 Å². The van der Waals surface area contributed by atoms with E-state index in [0.29, 0.717) is 12.4 Å². The fourth-order valence-corrected chi connectivity index (χ4v) is 4.93. The second-order valence-corrected chi connectivity index (χ2v) is 9.10. The lowest BCUT2D eigenvalue weighted by Crippen LogP contribution is -2.13. The molecule has 164 valence electrons. The molecule has 2 heteroatoms. The van der Waals surface area contributed by atoms with Crippen LogP contribution in [0.25, 0.3) is 0 Å². The molecule has 3 rings (SSSR count). The van der Waals surface area contributed by atoms with Gasteiger partial charge in [-0.1, -0.05) is 56.9 Å². The number of hydrogen-bond donors (Lipinski definition) is 0. The largest absolute Gasteiger partial charge is 0.491 e.